The molecule has 4 nitrogen and oxygen atoms in total. The second kappa shape index (κ2) is 6.48. The van der Waals surface area contributed by atoms with Crippen LogP contribution in [0.4, 0.5) is 0 Å². The van der Waals surface area contributed by atoms with E-state index in [1.807, 2.05) is 18.7 Å². The van der Waals surface area contributed by atoms with E-state index in [0.29, 0.717) is 24.4 Å². The van der Waals surface area contributed by atoms with Gasteiger partial charge in [0, 0.05) is 19.7 Å². The number of carbonyl (C=O) groups excluding carboxylic acids is 1. The fourth-order valence-corrected chi connectivity index (χ4v) is 3.08. The van der Waals surface area contributed by atoms with Gasteiger partial charge in [-0.3, -0.25) is 4.79 Å². The van der Waals surface area contributed by atoms with Crippen LogP contribution >= 0.6 is 12.2 Å². The fourth-order valence-electron chi connectivity index (χ4n) is 2.71. The highest BCUT2D eigenvalue weighted by Crippen LogP contribution is 2.31. The Morgan fingerprint density at radius 3 is 2.56 bits per heavy atom. The molecule has 0 spiro atoms. The maximum absolute atomic E-state index is 12.7. The normalized spacial score (nSPS) is 20.8. The third-order valence-corrected chi connectivity index (χ3v) is 4.54. The average molecular weight is 272 g/mol. The van der Waals surface area contributed by atoms with Gasteiger partial charge in [0.15, 0.2) is 0 Å². The molecule has 18 heavy (non-hydrogen) atoms. The van der Waals surface area contributed by atoms with Gasteiger partial charge >= 0.3 is 0 Å². The van der Waals surface area contributed by atoms with Gasteiger partial charge in [-0.2, -0.15) is 0 Å². The van der Waals surface area contributed by atoms with Crippen molar-refractivity contribution in [2.75, 3.05) is 19.7 Å². The minimum atomic E-state index is -0.702. The highest BCUT2D eigenvalue weighted by molar-refractivity contribution is 7.80. The van der Waals surface area contributed by atoms with Gasteiger partial charge < -0.3 is 15.7 Å². The minimum Gasteiger partial charge on any atom is -0.396 e. The van der Waals surface area contributed by atoms with Crippen molar-refractivity contribution in [1.82, 2.24) is 4.90 Å². The number of piperidine rings is 1. The average Bonchev–Trinajstić information content (AvgIpc) is 2.40. The summed E-state index contributed by atoms with van der Waals surface area (Å²) in [5.41, 5.74) is 5.10. The van der Waals surface area contributed by atoms with Crippen LogP contribution in [-0.4, -0.2) is 40.6 Å². The molecule has 0 aliphatic carbocycles. The third-order valence-electron chi connectivity index (χ3n) is 4.15. The number of rotatable bonds is 5. The number of likely N-dealkylation sites (tertiary alicyclic amines) is 1. The van der Waals surface area contributed by atoms with E-state index in [0.717, 1.165) is 19.4 Å². The molecular formula is C13H24N2O2S. The van der Waals surface area contributed by atoms with Crippen LogP contribution in [0.1, 0.15) is 39.5 Å². The number of carbonyl (C=O) groups is 1. The lowest BCUT2D eigenvalue weighted by Crippen LogP contribution is -2.53. The topological polar surface area (TPSA) is 66.6 Å². The second-order valence-corrected chi connectivity index (χ2v) is 5.54. The Labute approximate surface area is 115 Å². The van der Waals surface area contributed by atoms with Crippen LogP contribution in [0.3, 0.4) is 0 Å². The van der Waals surface area contributed by atoms with Crippen LogP contribution in [0.5, 0.6) is 0 Å². The highest BCUT2D eigenvalue weighted by Gasteiger charge is 2.41. The monoisotopic (exact) mass is 272 g/mol. The van der Waals surface area contributed by atoms with Gasteiger partial charge in [0.2, 0.25) is 5.91 Å². The molecule has 5 heteroatoms. The standard InChI is InChI=1S/C13H24N2O2S/c1-3-13(4-2,11(14)18)12(17)15-7-5-6-10(8-15)9-16/h10,16H,3-9H2,1-2H3,(H2,14,18). The van der Waals surface area contributed by atoms with Crippen LogP contribution < -0.4 is 5.73 Å². The maximum atomic E-state index is 12.7. The molecule has 1 rings (SSSR count). The Balaban J connectivity index is 2.86. The van der Waals surface area contributed by atoms with Crippen LogP contribution in [0, 0.1) is 11.3 Å². The predicted octanol–water partition coefficient (Wildman–Crippen LogP) is 1.31. The smallest absolute Gasteiger partial charge is 0.235 e. The third kappa shape index (κ3) is 2.83. The first-order valence-corrected chi connectivity index (χ1v) is 7.12. The van der Waals surface area contributed by atoms with Crippen LogP contribution in [-0.2, 0) is 4.79 Å². The van der Waals surface area contributed by atoms with E-state index in [2.05, 4.69) is 0 Å². The molecule has 104 valence electrons. The van der Waals surface area contributed by atoms with Crippen molar-refractivity contribution in [3.05, 3.63) is 0 Å². The summed E-state index contributed by atoms with van der Waals surface area (Å²) >= 11 is 5.11. The number of nitrogens with two attached hydrogens (primary N) is 1. The van der Waals surface area contributed by atoms with Gasteiger partial charge in [-0.05, 0) is 31.6 Å². The Hall–Kier alpha value is -0.680. The maximum Gasteiger partial charge on any atom is 0.235 e. The highest BCUT2D eigenvalue weighted by atomic mass is 32.1. The number of aliphatic hydroxyl groups is 1. The van der Waals surface area contributed by atoms with E-state index in [9.17, 15) is 9.90 Å². The molecule has 3 N–H and O–H groups in total. The molecular weight excluding hydrogens is 248 g/mol. The molecule has 1 aliphatic heterocycles. The first kappa shape index (κ1) is 15.4. The number of nitrogens with zero attached hydrogens (tertiary/aromatic N) is 1. The fraction of sp³-hybridized carbons (Fsp3) is 0.846. The van der Waals surface area contributed by atoms with Crippen molar-refractivity contribution in [2.45, 2.75) is 39.5 Å². The summed E-state index contributed by atoms with van der Waals surface area (Å²) in [7, 11) is 0. The zero-order valence-electron chi connectivity index (χ0n) is 11.3. The molecule has 0 saturated carbocycles. The Morgan fingerprint density at radius 1 is 1.50 bits per heavy atom. The largest absolute Gasteiger partial charge is 0.396 e. The van der Waals surface area contributed by atoms with E-state index >= 15 is 0 Å². The Bertz CT molecular complexity index is 316. The number of hydrogen-bond acceptors (Lipinski definition) is 3. The van der Waals surface area contributed by atoms with Gasteiger partial charge in [-0.15, -0.1) is 0 Å². The van der Waals surface area contributed by atoms with Crippen molar-refractivity contribution in [3.8, 4) is 0 Å². The van der Waals surface area contributed by atoms with E-state index in [-0.39, 0.29) is 18.4 Å². The number of hydrogen-bond donors (Lipinski definition) is 2. The van der Waals surface area contributed by atoms with E-state index in [1.54, 1.807) is 0 Å². The second-order valence-electron chi connectivity index (χ2n) is 5.10. The summed E-state index contributed by atoms with van der Waals surface area (Å²) in [6.07, 6.45) is 3.20. The summed E-state index contributed by atoms with van der Waals surface area (Å²) < 4.78 is 0. The van der Waals surface area contributed by atoms with E-state index in [4.69, 9.17) is 18.0 Å². The van der Waals surface area contributed by atoms with Gasteiger partial charge in [0.25, 0.3) is 0 Å². The first-order valence-electron chi connectivity index (χ1n) is 6.72. The summed E-state index contributed by atoms with van der Waals surface area (Å²) in [6.45, 7) is 5.42. The van der Waals surface area contributed by atoms with Crippen molar-refractivity contribution >= 4 is 23.1 Å². The quantitative estimate of drug-likeness (QED) is 0.741. The molecule has 1 fully saturated rings. The SMILES string of the molecule is CCC(CC)(C(=O)N1CCCC(CO)C1)C(N)=S. The number of thiocarbonyl (C=S) groups is 1. The van der Waals surface area contributed by atoms with E-state index < -0.39 is 5.41 Å². The molecule has 0 radical (unpaired) electrons. The molecule has 0 aromatic heterocycles. The summed E-state index contributed by atoms with van der Waals surface area (Å²) in [4.78, 5) is 14.8. The van der Waals surface area contributed by atoms with Crippen LogP contribution in [0.2, 0.25) is 0 Å². The zero-order chi connectivity index (χ0) is 13.8. The van der Waals surface area contributed by atoms with Gasteiger partial charge in [0.05, 0.1) is 10.4 Å². The molecule has 1 unspecified atom stereocenters. The lowest BCUT2D eigenvalue weighted by Gasteiger charge is -2.39. The molecule has 1 saturated heterocycles. The lowest BCUT2D eigenvalue weighted by atomic mass is 9.80. The summed E-state index contributed by atoms with van der Waals surface area (Å²) in [5.74, 6) is 0.235. The van der Waals surface area contributed by atoms with Crippen molar-refractivity contribution in [2.24, 2.45) is 17.1 Å². The van der Waals surface area contributed by atoms with E-state index in [1.165, 1.54) is 0 Å². The molecule has 0 aromatic carbocycles. The Kier molecular flexibility index (Phi) is 5.53. The Morgan fingerprint density at radius 2 is 2.11 bits per heavy atom. The first-order chi connectivity index (χ1) is 8.51. The summed E-state index contributed by atoms with van der Waals surface area (Å²) in [6, 6.07) is 0. The molecule has 0 aromatic rings. The lowest BCUT2D eigenvalue weighted by molar-refractivity contribution is -0.140. The number of amides is 1. The molecule has 0 bridgehead atoms. The van der Waals surface area contributed by atoms with Gasteiger partial charge in [0.1, 0.15) is 0 Å². The number of aliphatic hydroxyl groups excluding tert-OH is 1. The van der Waals surface area contributed by atoms with Crippen LogP contribution in [0.25, 0.3) is 0 Å². The molecule has 1 amide bonds. The zero-order valence-corrected chi connectivity index (χ0v) is 12.1. The minimum absolute atomic E-state index is 0.0400. The molecule has 1 atom stereocenters. The van der Waals surface area contributed by atoms with Crippen molar-refractivity contribution < 1.29 is 9.90 Å². The van der Waals surface area contributed by atoms with Gasteiger partial charge in [-0.25, -0.2) is 0 Å². The van der Waals surface area contributed by atoms with Crippen LogP contribution in [0.15, 0.2) is 0 Å². The molecule has 1 aliphatic rings. The summed E-state index contributed by atoms with van der Waals surface area (Å²) in [5, 5.41) is 9.23. The van der Waals surface area contributed by atoms with Crippen molar-refractivity contribution in [1.29, 1.82) is 0 Å². The molecule has 1 heterocycles. The predicted molar refractivity (Wildman–Crippen MR) is 76.2 cm³/mol. The van der Waals surface area contributed by atoms with Gasteiger partial charge in [-0.1, -0.05) is 26.1 Å². The van der Waals surface area contributed by atoms with Crippen molar-refractivity contribution in [3.63, 3.8) is 0 Å².